The van der Waals surface area contributed by atoms with Crippen LogP contribution in [0.5, 0.6) is 5.75 Å². The van der Waals surface area contributed by atoms with E-state index in [9.17, 15) is 14.7 Å². The van der Waals surface area contributed by atoms with E-state index >= 15 is 0 Å². The molecular weight excluding hydrogens is 298 g/mol. The van der Waals surface area contributed by atoms with Crippen LogP contribution in [-0.2, 0) is 14.3 Å². The maximum atomic E-state index is 12.3. The normalized spacial score (nSPS) is 27.7. The first-order valence-electron chi connectivity index (χ1n) is 7.59. The Morgan fingerprint density at radius 3 is 2.35 bits per heavy atom. The summed E-state index contributed by atoms with van der Waals surface area (Å²) in [6.45, 7) is 1.88. The topological polar surface area (TPSA) is 76.1 Å². The number of methoxy groups -OCH3 is 2. The van der Waals surface area contributed by atoms with E-state index in [0.29, 0.717) is 12.2 Å². The first-order valence-corrected chi connectivity index (χ1v) is 7.59. The molecule has 1 N–H and O–H groups in total. The standard InChI is InChI=1S/C17H23NO5/c1-5-17(16(21)23-4)10-13(15(19)20)14(18(17)2)11-6-8-12(22-3)9-7-11/h6-9,13-14H,5,10H2,1-4H3,(H,19,20)/t13-,14-,17-/m0/s1. The molecule has 1 aliphatic heterocycles. The number of likely N-dealkylation sites (N-methyl/N-ethyl adjacent to an activating group) is 1. The third kappa shape index (κ3) is 2.79. The highest BCUT2D eigenvalue weighted by Crippen LogP contribution is 2.48. The Morgan fingerprint density at radius 2 is 1.91 bits per heavy atom. The lowest BCUT2D eigenvalue weighted by Crippen LogP contribution is -2.49. The van der Waals surface area contributed by atoms with Crippen LogP contribution < -0.4 is 4.74 Å². The summed E-state index contributed by atoms with van der Waals surface area (Å²) in [4.78, 5) is 26.0. The van der Waals surface area contributed by atoms with Crippen LogP contribution in [0.2, 0.25) is 0 Å². The van der Waals surface area contributed by atoms with Crippen molar-refractivity contribution < 1.29 is 24.2 Å². The second-order valence-corrected chi connectivity index (χ2v) is 5.85. The molecule has 2 rings (SSSR count). The van der Waals surface area contributed by atoms with Gasteiger partial charge in [0.2, 0.25) is 0 Å². The van der Waals surface area contributed by atoms with Crippen molar-refractivity contribution in [2.24, 2.45) is 5.92 Å². The fourth-order valence-corrected chi connectivity index (χ4v) is 3.59. The van der Waals surface area contributed by atoms with Crippen molar-refractivity contribution in [1.29, 1.82) is 0 Å². The van der Waals surface area contributed by atoms with Gasteiger partial charge < -0.3 is 14.6 Å². The summed E-state index contributed by atoms with van der Waals surface area (Å²) in [6, 6.07) is 6.90. The summed E-state index contributed by atoms with van der Waals surface area (Å²) >= 11 is 0. The first-order chi connectivity index (χ1) is 10.9. The van der Waals surface area contributed by atoms with Gasteiger partial charge in [0.1, 0.15) is 11.3 Å². The lowest BCUT2D eigenvalue weighted by Gasteiger charge is -2.35. The molecule has 0 bridgehead atoms. The van der Waals surface area contributed by atoms with Crippen LogP contribution >= 0.6 is 0 Å². The van der Waals surface area contributed by atoms with Crippen molar-refractivity contribution in [2.45, 2.75) is 31.3 Å². The molecule has 0 aliphatic carbocycles. The monoisotopic (exact) mass is 321 g/mol. The lowest BCUT2D eigenvalue weighted by molar-refractivity contribution is -0.153. The fourth-order valence-electron chi connectivity index (χ4n) is 3.59. The molecule has 1 aliphatic rings. The zero-order valence-electron chi connectivity index (χ0n) is 13.9. The van der Waals surface area contributed by atoms with Crippen LogP contribution in [0.3, 0.4) is 0 Å². The Balaban J connectivity index is 2.46. The number of nitrogens with zero attached hydrogens (tertiary/aromatic N) is 1. The lowest BCUT2D eigenvalue weighted by atomic mass is 9.87. The number of hydrogen-bond donors (Lipinski definition) is 1. The fraction of sp³-hybridized carbons (Fsp3) is 0.529. The second kappa shape index (κ2) is 6.58. The molecule has 0 radical (unpaired) electrons. The Hall–Kier alpha value is -2.08. The molecule has 1 heterocycles. The smallest absolute Gasteiger partial charge is 0.326 e. The Bertz CT molecular complexity index is 585. The van der Waals surface area contributed by atoms with Gasteiger partial charge in [0, 0.05) is 6.04 Å². The number of benzene rings is 1. The average molecular weight is 321 g/mol. The predicted octanol–water partition coefficient (Wildman–Crippen LogP) is 2.09. The van der Waals surface area contributed by atoms with Gasteiger partial charge in [-0.25, -0.2) is 0 Å². The summed E-state index contributed by atoms with van der Waals surface area (Å²) < 4.78 is 10.1. The highest BCUT2D eigenvalue weighted by Gasteiger charge is 2.56. The zero-order chi connectivity index (χ0) is 17.2. The van der Waals surface area contributed by atoms with Crippen LogP contribution in [-0.4, -0.2) is 48.8 Å². The Kier molecular flexibility index (Phi) is 4.94. The maximum absolute atomic E-state index is 12.3. The van der Waals surface area contributed by atoms with E-state index < -0.39 is 23.5 Å². The highest BCUT2D eigenvalue weighted by molar-refractivity contribution is 5.84. The number of hydrogen-bond acceptors (Lipinski definition) is 5. The molecule has 0 aromatic heterocycles. The highest BCUT2D eigenvalue weighted by atomic mass is 16.5. The maximum Gasteiger partial charge on any atom is 0.326 e. The minimum absolute atomic E-state index is 0.235. The van der Waals surface area contributed by atoms with Gasteiger partial charge in [-0.1, -0.05) is 19.1 Å². The van der Waals surface area contributed by atoms with E-state index in [1.807, 2.05) is 24.0 Å². The van der Waals surface area contributed by atoms with Crippen LogP contribution in [0.15, 0.2) is 24.3 Å². The van der Waals surface area contributed by atoms with Crippen LogP contribution in [0.4, 0.5) is 0 Å². The number of esters is 1. The number of carboxylic acid groups (broad SMARTS) is 1. The largest absolute Gasteiger partial charge is 0.497 e. The molecule has 0 unspecified atom stereocenters. The number of rotatable bonds is 5. The quantitative estimate of drug-likeness (QED) is 0.837. The van der Waals surface area contributed by atoms with Gasteiger partial charge in [-0.2, -0.15) is 0 Å². The van der Waals surface area contributed by atoms with Crippen molar-refractivity contribution in [2.75, 3.05) is 21.3 Å². The third-order valence-corrected chi connectivity index (χ3v) is 4.96. The van der Waals surface area contributed by atoms with Crippen LogP contribution in [0.1, 0.15) is 31.4 Å². The van der Waals surface area contributed by atoms with Gasteiger partial charge >= 0.3 is 11.9 Å². The molecule has 1 saturated heterocycles. The van der Waals surface area contributed by atoms with Gasteiger partial charge in [-0.15, -0.1) is 0 Å². The number of likely N-dealkylation sites (tertiary alicyclic amines) is 1. The summed E-state index contributed by atoms with van der Waals surface area (Å²) in [5.41, 5.74) is -0.0671. The number of ether oxygens (including phenoxy) is 2. The molecule has 126 valence electrons. The first kappa shape index (κ1) is 17.3. The summed E-state index contributed by atoms with van der Waals surface area (Å²) in [6.07, 6.45) is 0.727. The summed E-state index contributed by atoms with van der Waals surface area (Å²) in [7, 11) is 4.71. The van der Waals surface area contributed by atoms with E-state index in [4.69, 9.17) is 9.47 Å². The number of carbonyl (C=O) groups excluding carboxylic acids is 1. The number of aliphatic carboxylic acids is 1. The molecule has 6 nitrogen and oxygen atoms in total. The summed E-state index contributed by atoms with van der Waals surface area (Å²) in [5.74, 6) is -1.26. The van der Waals surface area contributed by atoms with Crippen molar-refractivity contribution in [3.8, 4) is 5.75 Å². The second-order valence-electron chi connectivity index (χ2n) is 5.85. The van der Waals surface area contributed by atoms with Crippen molar-refractivity contribution in [1.82, 2.24) is 4.90 Å². The van der Waals surface area contributed by atoms with Crippen molar-refractivity contribution in [3.63, 3.8) is 0 Å². The van der Waals surface area contributed by atoms with E-state index in [0.717, 1.165) is 5.56 Å². The van der Waals surface area contributed by atoms with E-state index in [2.05, 4.69) is 0 Å². The molecule has 6 heteroatoms. The third-order valence-electron chi connectivity index (χ3n) is 4.96. The van der Waals surface area contributed by atoms with E-state index in [-0.39, 0.29) is 12.4 Å². The Labute approximate surface area is 136 Å². The van der Waals surface area contributed by atoms with Gasteiger partial charge in [0.15, 0.2) is 0 Å². The molecule has 0 amide bonds. The van der Waals surface area contributed by atoms with Gasteiger partial charge in [-0.3, -0.25) is 14.5 Å². The minimum Gasteiger partial charge on any atom is -0.497 e. The minimum atomic E-state index is -0.914. The number of carboxylic acids is 1. The molecular formula is C17H23NO5. The van der Waals surface area contributed by atoms with Crippen LogP contribution in [0.25, 0.3) is 0 Å². The van der Waals surface area contributed by atoms with E-state index in [1.165, 1.54) is 7.11 Å². The summed E-state index contributed by atoms with van der Waals surface area (Å²) in [5, 5.41) is 9.64. The predicted molar refractivity (Wildman–Crippen MR) is 84.3 cm³/mol. The molecule has 1 aromatic carbocycles. The van der Waals surface area contributed by atoms with Crippen LogP contribution in [0, 0.1) is 5.92 Å². The van der Waals surface area contributed by atoms with Crippen molar-refractivity contribution >= 4 is 11.9 Å². The molecule has 1 aromatic rings. The van der Waals surface area contributed by atoms with Gasteiger partial charge in [0.25, 0.3) is 0 Å². The molecule has 1 fully saturated rings. The average Bonchev–Trinajstić information content (AvgIpc) is 2.88. The number of carbonyl (C=O) groups is 2. The molecule has 0 saturated carbocycles. The molecule has 23 heavy (non-hydrogen) atoms. The van der Waals surface area contributed by atoms with E-state index in [1.54, 1.807) is 26.3 Å². The molecule has 0 spiro atoms. The van der Waals surface area contributed by atoms with Gasteiger partial charge in [-0.05, 0) is 37.6 Å². The van der Waals surface area contributed by atoms with Crippen molar-refractivity contribution in [3.05, 3.63) is 29.8 Å². The zero-order valence-corrected chi connectivity index (χ0v) is 13.9. The Morgan fingerprint density at radius 1 is 1.30 bits per heavy atom. The molecule has 3 atom stereocenters. The SMILES string of the molecule is CC[C@@]1(C(=O)OC)C[C@H](C(=O)O)[C@H](c2ccc(OC)cc2)N1C. The van der Waals surface area contributed by atoms with Gasteiger partial charge in [0.05, 0.1) is 20.1 Å².